The predicted octanol–water partition coefficient (Wildman–Crippen LogP) is 2.05. The molecular weight excluding hydrogens is 202 g/mol. The molecule has 0 saturated heterocycles. The van der Waals surface area contributed by atoms with Crippen LogP contribution in [-0.4, -0.2) is 12.1 Å². The van der Waals surface area contributed by atoms with Gasteiger partial charge in [-0.2, -0.15) is 5.26 Å². The molecule has 1 aromatic carbocycles. The van der Waals surface area contributed by atoms with Crippen LogP contribution in [0.25, 0.3) is 0 Å². The minimum absolute atomic E-state index is 0.0390. The molecule has 1 aliphatic rings. The highest BCUT2D eigenvalue weighted by Crippen LogP contribution is 2.34. The van der Waals surface area contributed by atoms with Gasteiger partial charge in [-0.25, -0.2) is 8.78 Å². The number of nitrogens with zero attached hydrogens (tertiary/aromatic N) is 1. The molecule has 78 valence electrons. The lowest BCUT2D eigenvalue weighted by atomic mass is 10.1. The highest BCUT2D eigenvalue weighted by Gasteiger charge is 2.28. The topological polar surface area (TPSA) is 45.0 Å². The monoisotopic (exact) mass is 210 g/mol. The first kappa shape index (κ1) is 9.71. The lowest BCUT2D eigenvalue weighted by molar-refractivity contribution is 0.224. The largest absolute Gasteiger partial charge is 0.471 e. The number of nitrogens with one attached hydrogen (secondary N) is 1. The molecular formula is C10H8F2N2O. The summed E-state index contributed by atoms with van der Waals surface area (Å²) in [5.41, 5.74) is 0.107. The standard InChI is InChI=1S/C10H8F2N2O/c1-5-9(4-13)15-8-3-6(11)2-7(12)10(8)14-5/h2-3,5,9,14H,1H3. The number of rotatable bonds is 0. The zero-order valence-corrected chi connectivity index (χ0v) is 7.92. The van der Waals surface area contributed by atoms with Crippen molar-refractivity contribution in [3.05, 3.63) is 23.8 Å². The lowest BCUT2D eigenvalue weighted by Gasteiger charge is -2.29. The molecule has 3 nitrogen and oxygen atoms in total. The summed E-state index contributed by atoms with van der Waals surface area (Å²) < 4.78 is 31.3. The van der Waals surface area contributed by atoms with Crippen molar-refractivity contribution in [1.29, 1.82) is 5.26 Å². The number of nitriles is 1. The molecule has 1 N–H and O–H groups in total. The van der Waals surface area contributed by atoms with Crippen LogP contribution in [0.5, 0.6) is 5.75 Å². The van der Waals surface area contributed by atoms with Crippen LogP contribution < -0.4 is 10.1 Å². The summed E-state index contributed by atoms with van der Waals surface area (Å²) in [4.78, 5) is 0. The number of hydrogen-bond donors (Lipinski definition) is 1. The smallest absolute Gasteiger partial charge is 0.204 e. The maximum absolute atomic E-state index is 13.3. The molecule has 1 heterocycles. The maximum atomic E-state index is 13.3. The molecule has 2 rings (SSSR count). The van der Waals surface area contributed by atoms with Crippen LogP contribution in [0.1, 0.15) is 6.92 Å². The van der Waals surface area contributed by atoms with E-state index in [0.29, 0.717) is 0 Å². The SMILES string of the molecule is CC1Nc2c(F)cc(F)cc2OC1C#N. The molecule has 0 bridgehead atoms. The highest BCUT2D eigenvalue weighted by molar-refractivity contribution is 5.60. The van der Waals surface area contributed by atoms with E-state index in [-0.39, 0.29) is 17.5 Å². The van der Waals surface area contributed by atoms with Crippen molar-refractivity contribution < 1.29 is 13.5 Å². The second kappa shape index (κ2) is 3.39. The first-order chi connectivity index (χ1) is 7.11. The molecule has 0 saturated carbocycles. The number of ether oxygens (including phenoxy) is 1. The fourth-order valence-corrected chi connectivity index (χ4v) is 1.46. The summed E-state index contributed by atoms with van der Waals surface area (Å²) in [5.74, 6) is -1.40. The fourth-order valence-electron chi connectivity index (χ4n) is 1.46. The molecule has 0 aliphatic carbocycles. The molecule has 1 aliphatic heterocycles. The third-order valence-electron chi connectivity index (χ3n) is 2.23. The van der Waals surface area contributed by atoms with Crippen LogP contribution in [0.3, 0.4) is 0 Å². The third-order valence-corrected chi connectivity index (χ3v) is 2.23. The van der Waals surface area contributed by atoms with E-state index in [2.05, 4.69) is 5.32 Å². The van der Waals surface area contributed by atoms with Crippen molar-refractivity contribution in [3.8, 4) is 11.8 Å². The Morgan fingerprint density at radius 1 is 1.47 bits per heavy atom. The van der Waals surface area contributed by atoms with Crippen molar-refractivity contribution in [2.75, 3.05) is 5.32 Å². The van der Waals surface area contributed by atoms with Gasteiger partial charge in [0, 0.05) is 12.1 Å². The maximum Gasteiger partial charge on any atom is 0.204 e. The van der Waals surface area contributed by atoms with Crippen LogP contribution in [-0.2, 0) is 0 Å². The van der Waals surface area contributed by atoms with Gasteiger partial charge in [-0.15, -0.1) is 0 Å². The van der Waals surface area contributed by atoms with Gasteiger partial charge in [-0.05, 0) is 6.92 Å². The summed E-state index contributed by atoms with van der Waals surface area (Å²) in [5, 5.41) is 11.5. The normalized spacial score (nSPS) is 23.3. The Labute approximate surface area is 85.3 Å². The van der Waals surface area contributed by atoms with Gasteiger partial charge in [-0.3, -0.25) is 0 Å². The Bertz CT molecular complexity index is 442. The van der Waals surface area contributed by atoms with E-state index in [0.717, 1.165) is 12.1 Å². The Morgan fingerprint density at radius 2 is 2.20 bits per heavy atom. The summed E-state index contributed by atoms with van der Waals surface area (Å²) in [6.07, 6.45) is -0.737. The van der Waals surface area contributed by atoms with E-state index < -0.39 is 17.7 Å². The van der Waals surface area contributed by atoms with Gasteiger partial charge in [0.05, 0.1) is 6.04 Å². The number of hydrogen-bond acceptors (Lipinski definition) is 3. The number of anilines is 1. The first-order valence-corrected chi connectivity index (χ1v) is 4.43. The van der Waals surface area contributed by atoms with Gasteiger partial charge >= 0.3 is 0 Å². The molecule has 1 aromatic rings. The van der Waals surface area contributed by atoms with Crippen LogP contribution in [0, 0.1) is 23.0 Å². The summed E-state index contributed by atoms with van der Waals surface area (Å²) in [6, 6.07) is 3.40. The van der Waals surface area contributed by atoms with E-state index in [9.17, 15) is 8.78 Å². The van der Waals surface area contributed by atoms with E-state index >= 15 is 0 Å². The van der Waals surface area contributed by atoms with Crippen molar-refractivity contribution >= 4 is 5.69 Å². The van der Waals surface area contributed by atoms with Crippen molar-refractivity contribution in [3.63, 3.8) is 0 Å². The second-order valence-electron chi connectivity index (χ2n) is 3.36. The Kier molecular flexibility index (Phi) is 2.19. The summed E-state index contributed by atoms with van der Waals surface area (Å²) in [6.45, 7) is 1.69. The molecule has 0 spiro atoms. The number of fused-ring (bicyclic) bond motifs is 1. The third kappa shape index (κ3) is 1.59. The lowest BCUT2D eigenvalue weighted by Crippen LogP contribution is -2.38. The molecule has 0 amide bonds. The zero-order chi connectivity index (χ0) is 11.0. The molecule has 15 heavy (non-hydrogen) atoms. The Morgan fingerprint density at radius 3 is 2.87 bits per heavy atom. The molecule has 0 fully saturated rings. The first-order valence-electron chi connectivity index (χ1n) is 4.43. The van der Waals surface area contributed by atoms with E-state index in [1.165, 1.54) is 0 Å². The Balaban J connectivity index is 2.46. The average molecular weight is 210 g/mol. The van der Waals surface area contributed by atoms with Crippen molar-refractivity contribution in [2.45, 2.75) is 19.1 Å². The molecule has 0 aromatic heterocycles. The van der Waals surface area contributed by atoms with Crippen LogP contribution >= 0.6 is 0 Å². The second-order valence-corrected chi connectivity index (χ2v) is 3.36. The zero-order valence-electron chi connectivity index (χ0n) is 7.92. The summed E-state index contributed by atoms with van der Waals surface area (Å²) >= 11 is 0. The van der Waals surface area contributed by atoms with Crippen LogP contribution in [0.15, 0.2) is 12.1 Å². The molecule has 2 unspecified atom stereocenters. The van der Waals surface area contributed by atoms with Crippen molar-refractivity contribution in [2.24, 2.45) is 0 Å². The van der Waals surface area contributed by atoms with Crippen LogP contribution in [0.4, 0.5) is 14.5 Å². The fraction of sp³-hybridized carbons (Fsp3) is 0.300. The quantitative estimate of drug-likeness (QED) is 0.712. The van der Waals surface area contributed by atoms with Gasteiger partial charge in [-0.1, -0.05) is 0 Å². The van der Waals surface area contributed by atoms with Gasteiger partial charge in [0.2, 0.25) is 6.10 Å². The van der Waals surface area contributed by atoms with Crippen LogP contribution in [0.2, 0.25) is 0 Å². The Hall–Kier alpha value is -1.83. The molecule has 2 atom stereocenters. The molecule has 0 radical (unpaired) electrons. The number of benzene rings is 1. The molecule has 5 heteroatoms. The minimum atomic E-state index is -0.737. The van der Waals surface area contributed by atoms with E-state index in [4.69, 9.17) is 10.00 Å². The van der Waals surface area contributed by atoms with Gasteiger partial charge in [0.15, 0.2) is 11.6 Å². The van der Waals surface area contributed by atoms with Gasteiger partial charge in [0.1, 0.15) is 17.6 Å². The van der Waals surface area contributed by atoms with Gasteiger partial charge in [0.25, 0.3) is 0 Å². The van der Waals surface area contributed by atoms with Gasteiger partial charge < -0.3 is 10.1 Å². The predicted molar refractivity (Wildman–Crippen MR) is 49.5 cm³/mol. The summed E-state index contributed by atoms with van der Waals surface area (Å²) in [7, 11) is 0. The van der Waals surface area contributed by atoms with Crippen molar-refractivity contribution in [1.82, 2.24) is 0 Å². The average Bonchev–Trinajstić information content (AvgIpc) is 2.18. The highest BCUT2D eigenvalue weighted by atomic mass is 19.1. The minimum Gasteiger partial charge on any atom is -0.471 e. The number of halogens is 2. The van der Waals surface area contributed by atoms with E-state index in [1.807, 2.05) is 6.07 Å². The van der Waals surface area contributed by atoms with E-state index in [1.54, 1.807) is 6.92 Å².